The van der Waals surface area contributed by atoms with E-state index < -0.39 is 5.54 Å². The predicted molar refractivity (Wildman–Crippen MR) is 83.0 cm³/mol. The summed E-state index contributed by atoms with van der Waals surface area (Å²) in [7, 11) is 4.97. The Bertz CT molecular complexity index is 505. The normalized spacial score (nSPS) is 16.9. The molecule has 0 unspecified atom stereocenters. The van der Waals surface area contributed by atoms with E-state index in [0.717, 1.165) is 5.56 Å². The maximum Gasteiger partial charge on any atom is 0.242 e. The van der Waals surface area contributed by atoms with Crippen LogP contribution in [0.3, 0.4) is 0 Å². The Morgan fingerprint density at radius 2 is 1.77 bits per heavy atom. The van der Waals surface area contributed by atoms with E-state index in [0.29, 0.717) is 44.1 Å². The van der Waals surface area contributed by atoms with E-state index in [1.165, 1.54) is 0 Å². The number of benzene rings is 1. The second-order valence-corrected chi connectivity index (χ2v) is 5.65. The van der Waals surface area contributed by atoms with Gasteiger partial charge in [0.2, 0.25) is 5.91 Å². The number of methoxy groups -OCH3 is 2. The van der Waals surface area contributed by atoms with Crippen molar-refractivity contribution in [3.63, 3.8) is 0 Å². The average molecular weight is 308 g/mol. The number of nitrogens with two attached hydrogens (primary N) is 1. The number of ether oxygens (including phenoxy) is 3. The Balaban J connectivity index is 2.10. The molecule has 0 bridgehead atoms. The number of likely N-dealkylation sites (N-methyl/N-ethyl adjacent to an activating group) is 1. The van der Waals surface area contributed by atoms with E-state index in [4.69, 9.17) is 19.9 Å². The quantitative estimate of drug-likeness (QED) is 0.884. The lowest BCUT2D eigenvalue weighted by Crippen LogP contribution is -2.57. The minimum atomic E-state index is -0.823. The van der Waals surface area contributed by atoms with Crippen molar-refractivity contribution in [3.05, 3.63) is 23.8 Å². The SMILES string of the molecule is COc1cc(CN(C)C(=O)C2(N)CCOCC2)cc(OC)c1. The summed E-state index contributed by atoms with van der Waals surface area (Å²) < 4.78 is 15.8. The first-order valence-corrected chi connectivity index (χ1v) is 7.32. The van der Waals surface area contributed by atoms with E-state index in [2.05, 4.69) is 0 Å². The molecule has 1 saturated heterocycles. The monoisotopic (exact) mass is 308 g/mol. The van der Waals surface area contributed by atoms with E-state index in [1.54, 1.807) is 32.2 Å². The van der Waals surface area contributed by atoms with Gasteiger partial charge in [0, 0.05) is 32.9 Å². The zero-order chi connectivity index (χ0) is 16.2. The van der Waals surface area contributed by atoms with E-state index in [1.807, 2.05) is 12.1 Å². The fraction of sp³-hybridized carbons (Fsp3) is 0.562. The highest BCUT2D eigenvalue weighted by atomic mass is 16.5. The summed E-state index contributed by atoms with van der Waals surface area (Å²) in [5.74, 6) is 1.34. The zero-order valence-electron chi connectivity index (χ0n) is 13.4. The van der Waals surface area contributed by atoms with Gasteiger partial charge in [-0.3, -0.25) is 4.79 Å². The van der Waals surface area contributed by atoms with Crippen molar-refractivity contribution in [3.8, 4) is 11.5 Å². The molecule has 1 amide bonds. The van der Waals surface area contributed by atoms with Crippen LogP contribution in [-0.4, -0.2) is 50.8 Å². The van der Waals surface area contributed by atoms with Crippen molar-refractivity contribution in [2.24, 2.45) is 5.73 Å². The smallest absolute Gasteiger partial charge is 0.242 e. The molecule has 6 nitrogen and oxygen atoms in total. The Morgan fingerprint density at radius 3 is 2.27 bits per heavy atom. The fourth-order valence-electron chi connectivity index (χ4n) is 2.63. The van der Waals surface area contributed by atoms with Crippen LogP contribution in [0.25, 0.3) is 0 Å². The third-order valence-electron chi connectivity index (χ3n) is 3.99. The summed E-state index contributed by atoms with van der Waals surface area (Å²) in [6, 6.07) is 5.58. The number of hydrogen-bond donors (Lipinski definition) is 1. The molecule has 0 radical (unpaired) electrons. The summed E-state index contributed by atoms with van der Waals surface area (Å²) in [6.45, 7) is 1.51. The van der Waals surface area contributed by atoms with Gasteiger partial charge in [0.25, 0.3) is 0 Å². The maximum absolute atomic E-state index is 12.6. The first kappa shape index (κ1) is 16.6. The third-order valence-corrected chi connectivity index (χ3v) is 3.99. The minimum absolute atomic E-state index is 0.0578. The van der Waals surface area contributed by atoms with E-state index in [-0.39, 0.29) is 5.91 Å². The highest BCUT2D eigenvalue weighted by molar-refractivity contribution is 5.86. The van der Waals surface area contributed by atoms with Crippen LogP contribution in [0.2, 0.25) is 0 Å². The molecular weight excluding hydrogens is 284 g/mol. The van der Waals surface area contributed by atoms with Crippen LogP contribution in [0.4, 0.5) is 0 Å². The van der Waals surface area contributed by atoms with Crippen LogP contribution in [0.5, 0.6) is 11.5 Å². The molecule has 0 aromatic heterocycles. The molecule has 0 spiro atoms. The van der Waals surface area contributed by atoms with Gasteiger partial charge in [-0.2, -0.15) is 0 Å². The first-order valence-electron chi connectivity index (χ1n) is 7.32. The molecule has 1 heterocycles. The van der Waals surface area contributed by atoms with Gasteiger partial charge in [0.05, 0.1) is 19.8 Å². The molecule has 1 fully saturated rings. The summed E-state index contributed by atoms with van der Waals surface area (Å²) in [6.07, 6.45) is 1.11. The molecule has 1 aliphatic rings. The van der Waals surface area contributed by atoms with Crippen LogP contribution in [0.1, 0.15) is 18.4 Å². The summed E-state index contributed by atoms with van der Waals surface area (Å²) in [4.78, 5) is 14.3. The second kappa shape index (κ2) is 6.98. The number of hydrogen-bond acceptors (Lipinski definition) is 5. The van der Waals surface area contributed by atoms with Gasteiger partial charge in [-0.15, -0.1) is 0 Å². The van der Waals surface area contributed by atoms with Gasteiger partial charge in [-0.05, 0) is 30.5 Å². The van der Waals surface area contributed by atoms with E-state index in [9.17, 15) is 4.79 Å². The fourth-order valence-corrected chi connectivity index (χ4v) is 2.63. The zero-order valence-corrected chi connectivity index (χ0v) is 13.4. The van der Waals surface area contributed by atoms with Crippen molar-refractivity contribution in [1.29, 1.82) is 0 Å². The largest absolute Gasteiger partial charge is 0.497 e. The number of carbonyl (C=O) groups is 1. The van der Waals surface area contributed by atoms with Crippen LogP contribution < -0.4 is 15.2 Å². The van der Waals surface area contributed by atoms with Gasteiger partial charge in [-0.1, -0.05) is 0 Å². The van der Waals surface area contributed by atoms with Crippen molar-refractivity contribution < 1.29 is 19.0 Å². The van der Waals surface area contributed by atoms with Crippen LogP contribution in [0.15, 0.2) is 18.2 Å². The molecular formula is C16H24N2O4. The van der Waals surface area contributed by atoms with Gasteiger partial charge in [0.1, 0.15) is 11.5 Å². The minimum Gasteiger partial charge on any atom is -0.497 e. The standard InChI is InChI=1S/C16H24N2O4/c1-18(15(19)16(17)4-6-22-7-5-16)11-12-8-13(20-2)10-14(9-12)21-3/h8-10H,4-7,11,17H2,1-3H3. The lowest BCUT2D eigenvalue weighted by atomic mass is 9.89. The Hall–Kier alpha value is -1.79. The Kier molecular flexibility index (Phi) is 5.26. The molecule has 1 aliphatic heterocycles. The van der Waals surface area contributed by atoms with Gasteiger partial charge < -0.3 is 24.8 Å². The van der Waals surface area contributed by atoms with Crippen molar-refractivity contribution in [2.75, 3.05) is 34.5 Å². The molecule has 122 valence electrons. The highest BCUT2D eigenvalue weighted by Crippen LogP contribution is 2.25. The van der Waals surface area contributed by atoms with Crippen LogP contribution >= 0.6 is 0 Å². The molecule has 1 aromatic rings. The number of nitrogens with zero attached hydrogens (tertiary/aromatic N) is 1. The van der Waals surface area contributed by atoms with Crippen molar-refractivity contribution in [2.45, 2.75) is 24.9 Å². The van der Waals surface area contributed by atoms with Crippen molar-refractivity contribution >= 4 is 5.91 Å². The molecule has 2 rings (SSSR count). The molecule has 6 heteroatoms. The van der Waals surface area contributed by atoms with Crippen molar-refractivity contribution in [1.82, 2.24) is 4.90 Å². The van der Waals surface area contributed by atoms with Gasteiger partial charge in [0.15, 0.2) is 0 Å². The highest BCUT2D eigenvalue weighted by Gasteiger charge is 2.37. The van der Waals surface area contributed by atoms with Crippen LogP contribution in [0, 0.1) is 0 Å². The maximum atomic E-state index is 12.6. The number of carbonyl (C=O) groups excluding carboxylic acids is 1. The Morgan fingerprint density at radius 1 is 1.23 bits per heavy atom. The average Bonchev–Trinajstić information content (AvgIpc) is 2.54. The first-order chi connectivity index (χ1) is 10.5. The lowest BCUT2D eigenvalue weighted by Gasteiger charge is -2.35. The topological polar surface area (TPSA) is 74.0 Å². The Labute approximate surface area is 131 Å². The number of rotatable bonds is 5. The molecule has 2 N–H and O–H groups in total. The molecule has 0 aliphatic carbocycles. The molecule has 0 saturated carbocycles. The lowest BCUT2D eigenvalue weighted by molar-refractivity contribution is -0.139. The molecule has 1 aromatic carbocycles. The van der Waals surface area contributed by atoms with Gasteiger partial charge in [-0.25, -0.2) is 0 Å². The number of amides is 1. The second-order valence-electron chi connectivity index (χ2n) is 5.65. The molecule has 0 atom stereocenters. The summed E-state index contributed by atoms with van der Waals surface area (Å²) in [5.41, 5.74) is 6.36. The van der Waals surface area contributed by atoms with E-state index >= 15 is 0 Å². The summed E-state index contributed by atoms with van der Waals surface area (Å²) >= 11 is 0. The molecule has 22 heavy (non-hydrogen) atoms. The third kappa shape index (κ3) is 3.69. The predicted octanol–water partition coefficient (Wildman–Crippen LogP) is 1.17. The summed E-state index contributed by atoms with van der Waals surface area (Å²) in [5, 5.41) is 0. The van der Waals surface area contributed by atoms with Crippen LogP contribution in [-0.2, 0) is 16.1 Å². The van der Waals surface area contributed by atoms with Gasteiger partial charge >= 0.3 is 0 Å².